The summed E-state index contributed by atoms with van der Waals surface area (Å²) < 4.78 is 0. The highest BCUT2D eigenvalue weighted by molar-refractivity contribution is 8.14. The highest BCUT2D eigenvalue weighted by Gasteiger charge is 2.49. The number of hydrogen-bond acceptors (Lipinski definition) is 6. The molecule has 0 radical (unpaired) electrons. The molecule has 2 atom stereocenters. The summed E-state index contributed by atoms with van der Waals surface area (Å²) in [5.41, 5.74) is 2.86. The number of aliphatic imine (C=N–C) groups is 1. The summed E-state index contributed by atoms with van der Waals surface area (Å²) in [6, 6.07) is 4.87. The van der Waals surface area contributed by atoms with Crippen molar-refractivity contribution >= 4 is 40.5 Å². The molecule has 0 bridgehead atoms. The van der Waals surface area contributed by atoms with Gasteiger partial charge in [0.05, 0.1) is 5.75 Å². The third-order valence-corrected chi connectivity index (χ3v) is 5.86. The fraction of sp³-hybridized carbons (Fsp3) is 0.444. The van der Waals surface area contributed by atoms with Crippen LogP contribution in [0.4, 0.5) is 10.5 Å². The molecule has 2 aliphatic heterocycles. The van der Waals surface area contributed by atoms with E-state index in [4.69, 9.17) is 0 Å². The summed E-state index contributed by atoms with van der Waals surface area (Å²) in [6.07, 6.45) is -0.453. The highest BCUT2D eigenvalue weighted by atomic mass is 32.2. The van der Waals surface area contributed by atoms with Crippen LogP contribution < -0.4 is 5.32 Å². The molecule has 3 rings (SSSR count). The van der Waals surface area contributed by atoms with E-state index in [1.807, 2.05) is 32.0 Å². The molecule has 4 amide bonds. The third kappa shape index (κ3) is 3.51. The summed E-state index contributed by atoms with van der Waals surface area (Å²) in [4.78, 5) is 45.7. The minimum atomic E-state index is -0.660. The number of anilines is 1. The lowest BCUT2D eigenvalue weighted by atomic mass is 10.1. The minimum Gasteiger partial charge on any atom is -0.331 e. The first-order chi connectivity index (χ1) is 12.7. The number of carbonyl (C=O) groups excluding carboxylic acids is 3. The number of amidine groups is 1. The van der Waals surface area contributed by atoms with Crippen LogP contribution >= 0.6 is 11.8 Å². The molecule has 144 valence electrons. The number of thioether (sulfide) groups is 1. The van der Waals surface area contributed by atoms with E-state index in [-0.39, 0.29) is 23.6 Å². The Kier molecular flexibility index (Phi) is 5.14. The molecule has 1 aromatic rings. The molecule has 0 unspecified atom stereocenters. The van der Waals surface area contributed by atoms with Crippen LogP contribution in [0.25, 0.3) is 0 Å². The van der Waals surface area contributed by atoms with Gasteiger partial charge in [-0.1, -0.05) is 23.9 Å². The zero-order chi connectivity index (χ0) is 19.9. The lowest BCUT2D eigenvalue weighted by Crippen LogP contribution is -2.63. The summed E-state index contributed by atoms with van der Waals surface area (Å²) >= 11 is 1.26. The largest absolute Gasteiger partial charge is 0.331 e. The fourth-order valence-electron chi connectivity index (χ4n) is 3.22. The molecule has 27 heavy (non-hydrogen) atoms. The van der Waals surface area contributed by atoms with E-state index in [0.29, 0.717) is 5.17 Å². The number of carbonyl (C=O) groups is 3. The van der Waals surface area contributed by atoms with Crippen LogP contribution in [-0.4, -0.2) is 76.8 Å². The van der Waals surface area contributed by atoms with E-state index in [9.17, 15) is 14.4 Å². The van der Waals surface area contributed by atoms with Gasteiger partial charge in [-0.3, -0.25) is 14.5 Å². The van der Waals surface area contributed by atoms with E-state index < -0.39 is 12.2 Å². The van der Waals surface area contributed by atoms with Gasteiger partial charge in [-0.15, -0.1) is 0 Å². The first-order valence-electron chi connectivity index (χ1n) is 8.55. The maximum atomic E-state index is 12.4. The van der Waals surface area contributed by atoms with E-state index in [1.165, 1.54) is 23.7 Å². The zero-order valence-corrected chi connectivity index (χ0v) is 16.8. The molecule has 0 spiro atoms. The molecule has 2 aliphatic rings. The van der Waals surface area contributed by atoms with E-state index in [1.54, 1.807) is 19.0 Å². The van der Waals surface area contributed by atoms with Gasteiger partial charge in [0.2, 0.25) is 5.91 Å². The first kappa shape index (κ1) is 19.2. The summed E-state index contributed by atoms with van der Waals surface area (Å²) in [6.45, 7) is 3.91. The van der Waals surface area contributed by atoms with Crippen LogP contribution in [0.1, 0.15) is 11.1 Å². The number of likely N-dealkylation sites (N-methyl/N-ethyl adjacent to an activating group) is 3. The summed E-state index contributed by atoms with van der Waals surface area (Å²) in [5, 5.41) is 3.48. The normalized spacial score (nSPS) is 22.1. The molecule has 1 saturated heterocycles. The lowest BCUT2D eigenvalue weighted by Gasteiger charge is -2.40. The monoisotopic (exact) mass is 389 g/mol. The number of rotatable bonds is 3. The molecule has 8 nitrogen and oxygen atoms in total. The van der Waals surface area contributed by atoms with Crippen molar-refractivity contribution in [3.05, 3.63) is 29.3 Å². The van der Waals surface area contributed by atoms with Gasteiger partial charge in [0.25, 0.3) is 5.91 Å². The van der Waals surface area contributed by atoms with Gasteiger partial charge in [0.15, 0.2) is 11.2 Å². The Bertz CT molecular complexity index is 840. The Morgan fingerprint density at radius 3 is 2.59 bits per heavy atom. The Morgan fingerprint density at radius 1 is 1.19 bits per heavy atom. The molecule has 0 aromatic heterocycles. The van der Waals surface area contributed by atoms with Crippen molar-refractivity contribution in [2.75, 3.05) is 32.2 Å². The predicted octanol–water partition coefficient (Wildman–Crippen LogP) is 1.50. The van der Waals surface area contributed by atoms with Gasteiger partial charge < -0.3 is 15.1 Å². The van der Waals surface area contributed by atoms with E-state index >= 15 is 0 Å². The van der Waals surface area contributed by atoms with Gasteiger partial charge in [0, 0.05) is 26.8 Å². The molecular weight excluding hydrogens is 366 g/mol. The zero-order valence-electron chi connectivity index (χ0n) is 16.0. The van der Waals surface area contributed by atoms with Crippen molar-refractivity contribution in [2.45, 2.75) is 26.1 Å². The maximum absolute atomic E-state index is 12.4. The number of imide groups is 1. The molecule has 9 heteroatoms. The third-order valence-electron chi connectivity index (χ3n) is 4.80. The van der Waals surface area contributed by atoms with Crippen molar-refractivity contribution in [3.8, 4) is 0 Å². The second kappa shape index (κ2) is 7.22. The van der Waals surface area contributed by atoms with Crippen LogP contribution in [0, 0.1) is 13.8 Å². The van der Waals surface area contributed by atoms with Crippen molar-refractivity contribution in [3.63, 3.8) is 0 Å². The molecular formula is C18H23N5O3S. The van der Waals surface area contributed by atoms with Crippen molar-refractivity contribution < 1.29 is 14.4 Å². The Morgan fingerprint density at radius 2 is 1.89 bits per heavy atom. The van der Waals surface area contributed by atoms with E-state index in [0.717, 1.165) is 21.7 Å². The van der Waals surface area contributed by atoms with Crippen LogP contribution in [0.2, 0.25) is 0 Å². The number of urea groups is 1. The van der Waals surface area contributed by atoms with Gasteiger partial charge in [0.1, 0.15) is 6.17 Å². The topological polar surface area (TPSA) is 85.3 Å². The number of fused-ring (bicyclic) bond motifs is 1. The fourth-order valence-corrected chi connectivity index (χ4v) is 4.06. The maximum Gasteiger partial charge on any atom is 0.327 e. The number of nitrogens with zero attached hydrogens (tertiary/aromatic N) is 4. The number of hydrogen-bond donors (Lipinski definition) is 1. The Balaban J connectivity index is 1.66. The van der Waals surface area contributed by atoms with Crippen LogP contribution in [0.5, 0.6) is 0 Å². The minimum absolute atomic E-state index is 0.146. The van der Waals surface area contributed by atoms with Crippen LogP contribution in [-0.2, 0) is 9.59 Å². The second-order valence-corrected chi connectivity index (χ2v) is 7.77. The van der Waals surface area contributed by atoms with Gasteiger partial charge >= 0.3 is 6.03 Å². The van der Waals surface area contributed by atoms with Crippen molar-refractivity contribution in [1.29, 1.82) is 0 Å². The van der Waals surface area contributed by atoms with Gasteiger partial charge in [-0.2, -0.15) is 0 Å². The smallest absolute Gasteiger partial charge is 0.327 e. The Labute approximate surface area is 162 Å². The highest BCUT2D eigenvalue weighted by Crippen LogP contribution is 2.29. The average Bonchev–Trinajstić information content (AvgIpc) is 2.96. The SMILES string of the molecule is Cc1ccc(C)c(NC(=O)CSC2=N[C@@H]3C(=O)N(C)C(=O)N(C)[C@H]3N2C)c1. The van der Waals surface area contributed by atoms with Gasteiger partial charge in [-0.05, 0) is 31.0 Å². The standard InChI is InChI=1S/C18H23N5O3S/c1-10-6-7-11(2)12(8-10)19-13(24)9-27-17-20-14-15(21(17)3)22(4)18(26)23(5)16(14)25/h6-8,14-15H,9H2,1-5H3,(H,19,24)/t14-,15+/m0/s1. The number of nitrogens with one attached hydrogen (secondary N) is 1. The van der Waals surface area contributed by atoms with Crippen LogP contribution in [0.15, 0.2) is 23.2 Å². The second-order valence-electron chi connectivity index (χ2n) is 6.83. The molecule has 0 aliphatic carbocycles. The predicted molar refractivity (Wildman–Crippen MR) is 106 cm³/mol. The van der Waals surface area contributed by atoms with Crippen molar-refractivity contribution in [2.24, 2.45) is 4.99 Å². The number of benzene rings is 1. The van der Waals surface area contributed by atoms with Crippen LogP contribution in [0.3, 0.4) is 0 Å². The molecule has 1 fully saturated rings. The molecule has 1 N–H and O–H groups in total. The molecule has 0 saturated carbocycles. The first-order valence-corrected chi connectivity index (χ1v) is 9.54. The number of aryl methyl sites for hydroxylation is 2. The summed E-state index contributed by atoms with van der Waals surface area (Å²) in [7, 11) is 4.88. The lowest BCUT2D eigenvalue weighted by molar-refractivity contribution is -0.134. The van der Waals surface area contributed by atoms with Crippen molar-refractivity contribution in [1.82, 2.24) is 14.7 Å². The molecule has 1 aromatic carbocycles. The average molecular weight is 389 g/mol. The van der Waals surface area contributed by atoms with E-state index in [2.05, 4.69) is 10.3 Å². The molecule has 2 heterocycles. The Hall–Kier alpha value is -2.55. The number of amides is 4. The summed E-state index contributed by atoms with van der Waals surface area (Å²) in [5.74, 6) is -0.310. The quantitative estimate of drug-likeness (QED) is 0.847. The van der Waals surface area contributed by atoms with Gasteiger partial charge in [-0.25, -0.2) is 9.79 Å².